The van der Waals surface area contributed by atoms with Crippen LogP contribution in [0, 0.1) is 29.6 Å². The molecule has 4 saturated carbocycles. The minimum absolute atomic E-state index is 0.0146. The summed E-state index contributed by atoms with van der Waals surface area (Å²) in [6.07, 6.45) is 5.96. The minimum Gasteiger partial charge on any atom is -0.492 e. The van der Waals surface area contributed by atoms with Gasteiger partial charge in [0.15, 0.2) is 18.3 Å². The molecule has 0 saturated heterocycles. The maximum Gasteiger partial charge on any atom is 0.336 e. The highest BCUT2D eigenvalue weighted by atomic mass is 16.7. The molecule has 0 spiro atoms. The molecule has 0 radical (unpaired) electrons. The largest absolute Gasteiger partial charge is 0.492 e. The Morgan fingerprint density at radius 2 is 1.66 bits per heavy atom. The molecule has 202 valence electrons. The van der Waals surface area contributed by atoms with Gasteiger partial charge in [0.1, 0.15) is 6.10 Å². The van der Waals surface area contributed by atoms with Gasteiger partial charge < -0.3 is 29.2 Å². The molecule has 38 heavy (non-hydrogen) atoms. The lowest BCUT2D eigenvalue weighted by Crippen LogP contribution is -2.48. The summed E-state index contributed by atoms with van der Waals surface area (Å²) >= 11 is 0. The Balaban J connectivity index is 1.62. The molecular formula is C31H36O7. The zero-order valence-corrected chi connectivity index (χ0v) is 22.3. The Kier molecular flexibility index (Phi) is 7.56. The standard InChI is InChI=1S/C31H36O7/c1-4-37-18-38-29-27(35-2)24(26(32)10-9-22-7-5-6-8-23(22)30(33)34)14-25(28(29)36-3)31-15-19-11-20(16-31)13-21(12-19)17-31/h5-8,14,19-21,26,32H,4,11-13,15-18H2,1-3H3,(H,33,34). The number of rotatable bonds is 9. The number of ether oxygens (including phenoxy) is 4. The summed E-state index contributed by atoms with van der Waals surface area (Å²) in [7, 11) is 3.17. The summed E-state index contributed by atoms with van der Waals surface area (Å²) in [5.74, 6) is 8.15. The fraction of sp³-hybridized carbons (Fsp3) is 0.516. The van der Waals surface area contributed by atoms with Crippen molar-refractivity contribution in [3.05, 3.63) is 52.6 Å². The number of aromatic carboxylic acids is 1. The third-order valence-electron chi connectivity index (χ3n) is 8.52. The zero-order valence-electron chi connectivity index (χ0n) is 22.3. The highest BCUT2D eigenvalue weighted by Gasteiger charge is 2.53. The monoisotopic (exact) mass is 520 g/mol. The van der Waals surface area contributed by atoms with Crippen molar-refractivity contribution in [2.45, 2.75) is 57.0 Å². The van der Waals surface area contributed by atoms with Crippen molar-refractivity contribution >= 4 is 5.97 Å². The molecule has 7 nitrogen and oxygen atoms in total. The topological polar surface area (TPSA) is 94.5 Å². The molecule has 4 aliphatic rings. The number of aliphatic hydroxyl groups excluding tert-OH is 1. The SMILES string of the molecule is CCOCOc1c(OC)c(C(O)C#Cc2ccccc2C(=O)O)cc(C23CC4CC(CC(C4)C2)C3)c1OC. The lowest BCUT2D eigenvalue weighted by atomic mass is 9.48. The molecule has 1 unspecified atom stereocenters. The van der Waals surface area contributed by atoms with Crippen molar-refractivity contribution < 1.29 is 34.0 Å². The summed E-state index contributed by atoms with van der Waals surface area (Å²) in [6, 6.07) is 8.49. The van der Waals surface area contributed by atoms with Crippen molar-refractivity contribution in [2.75, 3.05) is 27.6 Å². The molecule has 6 rings (SSSR count). The predicted molar refractivity (Wildman–Crippen MR) is 142 cm³/mol. The van der Waals surface area contributed by atoms with E-state index in [9.17, 15) is 15.0 Å². The molecule has 4 fully saturated rings. The van der Waals surface area contributed by atoms with E-state index in [1.54, 1.807) is 25.3 Å². The van der Waals surface area contributed by atoms with Crippen molar-refractivity contribution in [3.8, 4) is 29.1 Å². The van der Waals surface area contributed by atoms with Crippen LogP contribution in [0.1, 0.15) is 78.6 Å². The highest BCUT2D eigenvalue weighted by molar-refractivity contribution is 5.90. The third kappa shape index (κ3) is 4.83. The third-order valence-corrected chi connectivity index (χ3v) is 8.52. The summed E-state index contributed by atoms with van der Waals surface area (Å²) in [6.45, 7) is 2.40. The fourth-order valence-electron chi connectivity index (χ4n) is 7.41. The van der Waals surface area contributed by atoms with Crippen LogP contribution in [0.2, 0.25) is 0 Å². The van der Waals surface area contributed by atoms with E-state index in [0.717, 1.165) is 24.8 Å². The molecule has 0 heterocycles. The predicted octanol–water partition coefficient (Wildman–Crippen LogP) is 5.33. The number of carboxylic acid groups (broad SMARTS) is 1. The normalized spacial score (nSPS) is 25.8. The number of hydrogen-bond donors (Lipinski definition) is 2. The van der Waals surface area contributed by atoms with Crippen molar-refractivity contribution in [2.24, 2.45) is 17.8 Å². The number of carbonyl (C=O) groups is 1. The van der Waals surface area contributed by atoms with Gasteiger partial charge in [-0.15, -0.1) is 0 Å². The van der Waals surface area contributed by atoms with Gasteiger partial charge in [0.05, 0.1) is 19.8 Å². The Hall–Kier alpha value is -3.21. The molecule has 2 aromatic carbocycles. The van der Waals surface area contributed by atoms with Gasteiger partial charge in [-0.1, -0.05) is 24.0 Å². The zero-order chi connectivity index (χ0) is 26.9. The van der Waals surface area contributed by atoms with Crippen molar-refractivity contribution in [1.82, 2.24) is 0 Å². The van der Waals surface area contributed by atoms with Gasteiger partial charge >= 0.3 is 5.97 Å². The number of hydrogen-bond acceptors (Lipinski definition) is 6. The van der Waals surface area contributed by atoms with Crippen LogP contribution in [0.25, 0.3) is 0 Å². The van der Waals surface area contributed by atoms with E-state index in [1.165, 1.54) is 32.4 Å². The number of aliphatic hydroxyl groups is 1. The second kappa shape index (κ2) is 10.9. The Bertz CT molecular complexity index is 1220. The van der Waals surface area contributed by atoms with Gasteiger partial charge in [-0.2, -0.15) is 0 Å². The van der Waals surface area contributed by atoms with Crippen LogP contribution < -0.4 is 14.2 Å². The first-order chi connectivity index (χ1) is 18.4. The average Bonchev–Trinajstić information content (AvgIpc) is 2.90. The van der Waals surface area contributed by atoms with Crippen LogP contribution in [0.4, 0.5) is 0 Å². The molecule has 7 heteroatoms. The highest BCUT2D eigenvalue weighted by Crippen LogP contribution is 2.63. The molecule has 2 aromatic rings. The molecule has 4 aliphatic carbocycles. The number of benzene rings is 2. The van der Waals surface area contributed by atoms with Crippen LogP contribution in [0.3, 0.4) is 0 Å². The number of methoxy groups -OCH3 is 2. The first-order valence-electron chi connectivity index (χ1n) is 13.4. The van der Waals surface area contributed by atoms with E-state index in [1.807, 2.05) is 13.0 Å². The Morgan fingerprint density at radius 1 is 1.03 bits per heavy atom. The van der Waals surface area contributed by atoms with Gasteiger partial charge in [-0.25, -0.2) is 4.79 Å². The van der Waals surface area contributed by atoms with Gasteiger partial charge in [0.2, 0.25) is 5.75 Å². The summed E-state index contributed by atoms with van der Waals surface area (Å²) in [5.41, 5.74) is 1.89. The van der Waals surface area contributed by atoms with Gasteiger partial charge in [0, 0.05) is 23.3 Å². The molecule has 2 N–H and O–H groups in total. The Labute approximate surface area is 224 Å². The summed E-state index contributed by atoms with van der Waals surface area (Å²) in [5, 5.41) is 20.9. The second-order valence-corrected chi connectivity index (χ2v) is 10.9. The number of carboxylic acids is 1. The molecule has 4 bridgehead atoms. The quantitative estimate of drug-likeness (QED) is 0.262. The van der Waals surface area contributed by atoms with Crippen LogP contribution in [0.15, 0.2) is 30.3 Å². The average molecular weight is 521 g/mol. The van der Waals surface area contributed by atoms with Crippen LogP contribution >= 0.6 is 0 Å². The molecular weight excluding hydrogens is 484 g/mol. The van der Waals surface area contributed by atoms with E-state index in [2.05, 4.69) is 11.8 Å². The maximum absolute atomic E-state index is 11.6. The van der Waals surface area contributed by atoms with Gasteiger partial charge in [-0.3, -0.25) is 0 Å². The summed E-state index contributed by atoms with van der Waals surface area (Å²) < 4.78 is 23.4. The van der Waals surface area contributed by atoms with E-state index < -0.39 is 12.1 Å². The molecule has 0 aliphatic heterocycles. The van der Waals surface area contributed by atoms with Crippen molar-refractivity contribution in [1.29, 1.82) is 0 Å². The Morgan fingerprint density at radius 3 is 2.24 bits per heavy atom. The first kappa shape index (κ1) is 26.4. The van der Waals surface area contributed by atoms with Gasteiger partial charge in [0.25, 0.3) is 0 Å². The van der Waals surface area contributed by atoms with Gasteiger partial charge in [-0.05, 0) is 86.8 Å². The smallest absolute Gasteiger partial charge is 0.336 e. The lowest BCUT2D eigenvalue weighted by Gasteiger charge is -2.57. The van der Waals surface area contributed by atoms with Crippen LogP contribution in [-0.2, 0) is 10.2 Å². The molecule has 1 atom stereocenters. The van der Waals surface area contributed by atoms with E-state index >= 15 is 0 Å². The molecule has 0 aromatic heterocycles. The van der Waals surface area contributed by atoms with E-state index in [4.69, 9.17) is 18.9 Å². The first-order valence-corrected chi connectivity index (χ1v) is 13.4. The van der Waals surface area contributed by atoms with E-state index in [-0.39, 0.29) is 17.8 Å². The maximum atomic E-state index is 11.6. The van der Waals surface area contributed by atoms with Crippen molar-refractivity contribution in [3.63, 3.8) is 0 Å². The van der Waals surface area contributed by atoms with Crippen LogP contribution in [-0.4, -0.2) is 43.8 Å². The minimum atomic E-state index is -1.24. The fourth-order valence-corrected chi connectivity index (χ4v) is 7.41. The summed E-state index contributed by atoms with van der Waals surface area (Å²) in [4.78, 5) is 11.6. The second-order valence-electron chi connectivity index (χ2n) is 10.9. The lowest BCUT2D eigenvalue weighted by molar-refractivity contribution is -0.00737. The van der Waals surface area contributed by atoms with Crippen LogP contribution in [0.5, 0.6) is 17.2 Å². The molecule has 0 amide bonds. The van der Waals surface area contributed by atoms with E-state index in [0.29, 0.717) is 52.7 Å².